The Labute approximate surface area is 81.5 Å². The molecule has 2 aliphatic rings. The molecule has 0 aromatic carbocycles. The minimum Gasteiger partial charge on any atom is -0.389 e. The summed E-state index contributed by atoms with van der Waals surface area (Å²) >= 11 is 0. The van der Waals surface area contributed by atoms with E-state index in [1.54, 1.807) is 0 Å². The lowest BCUT2D eigenvalue weighted by atomic mass is 10.0. The zero-order valence-electron chi connectivity index (χ0n) is 8.92. The summed E-state index contributed by atoms with van der Waals surface area (Å²) in [6.45, 7) is 4.49. The van der Waals surface area contributed by atoms with Gasteiger partial charge in [-0.15, -0.1) is 0 Å². The first-order valence-electron chi connectivity index (χ1n) is 5.87. The molecule has 0 aromatic heterocycles. The molecular weight excluding hydrogens is 160 g/mol. The van der Waals surface area contributed by atoms with Crippen molar-refractivity contribution < 1.29 is 5.11 Å². The van der Waals surface area contributed by atoms with Gasteiger partial charge in [0, 0.05) is 0 Å². The fourth-order valence-electron chi connectivity index (χ4n) is 3.11. The Morgan fingerprint density at radius 3 is 2.23 bits per heavy atom. The monoisotopic (exact) mass is 182 g/mol. The summed E-state index contributed by atoms with van der Waals surface area (Å²) < 4.78 is 0. The zero-order chi connectivity index (χ0) is 9.47. The summed E-state index contributed by atoms with van der Waals surface area (Å²) in [6.07, 6.45) is 7.54. The van der Waals surface area contributed by atoms with Gasteiger partial charge in [0.25, 0.3) is 0 Å². The largest absolute Gasteiger partial charge is 0.389 e. The van der Waals surface area contributed by atoms with Crippen molar-refractivity contribution in [1.82, 2.24) is 0 Å². The second-order valence-electron chi connectivity index (χ2n) is 5.42. The molecule has 13 heavy (non-hydrogen) atoms. The van der Waals surface area contributed by atoms with Crippen molar-refractivity contribution >= 4 is 0 Å². The molecule has 2 aliphatic carbocycles. The van der Waals surface area contributed by atoms with Gasteiger partial charge in [0.05, 0.1) is 5.60 Å². The lowest BCUT2D eigenvalue weighted by molar-refractivity contribution is 0.102. The van der Waals surface area contributed by atoms with Crippen LogP contribution in [0.4, 0.5) is 0 Å². The van der Waals surface area contributed by atoms with Crippen LogP contribution >= 0.6 is 0 Å². The van der Waals surface area contributed by atoms with Crippen LogP contribution in [0.15, 0.2) is 0 Å². The van der Waals surface area contributed by atoms with Crippen LogP contribution in [0.25, 0.3) is 0 Å². The Morgan fingerprint density at radius 1 is 1.23 bits per heavy atom. The number of hydrogen-bond acceptors (Lipinski definition) is 1. The summed E-state index contributed by atoms with van der Waals surface area (Å²) in [5.41, 5.74) is -0.221. The van der Waals surface area contributed by atoms with E-state index in [1.807, 2.05) is 0 Å². The third kappa shape index (κ3) is 1.63. The number of aliphatic hydroxyl groups is 1. The van der Waals surface area contributed by atoms with Gasteiger partial charge in [-0.2, -0.15) is 0 Å². The molecule has 0 amide bonds. The Morgan fingerprint density at radius 2 is 1.77 bits per heavy atom. The highest BCUT2D eigenvalue weighted by atomic mass is 16.3. The van der Waals surface area contributed by atoms with E-state index in [9.17, 15) is 5.11 Å². The Hall–Kier alpha value is -0.0400. The first kappa shape index (κ1) is 9.51. The number of fused-ring (bicyclic) bond motifs is 1. The van der Waals surface area contributed by atoms with E-state index in [-0.39, 0.29) is 5.60 Å². The fourth-order valence-corrected chi connectivity index (χ4v) is 3.11. The molecule has 1 nitrogen and oxygen atoms in total. The van der Waals surface area contributed by atoms with E-state index in [4.69, 9.17) is 0 Å². The lowest BCUT2D eigenvalue weighted by Gasteiger charge is -2.11. The maximum atomic E-state index is 10.3. The first-order chi connectivity index (χ1) is 6.14. The molecule has 1 N–H and O–H groups in total. The van der Waals surface area contributed by atoms with Crippen molar-refractivity contribution in [2.24, 2.45) is 17.8 Å². The van der Waals surface area contributed by atoms with Crippen molar-refractivity contribution in [3.63, 3.8) is 0 Å². The quantitative estimate of drug-likeness (QED) is 0.711. The predicted octanol–water partition coefficient (Wildman–Crippen LogP) is 2.97. The molecule has 2 atom stereocenters. The highest BCUT2D eigenvalue weighted by molar-refractivity contribution is 5.12. The smallest absolute Gasteiger partial charge is 0.0711 e. The average molecular weight is 182 g/mol. The summed E-state index contributed by atoms with van der Waals surface area (Å²) in [7, 11) is 0. The van der Waals surface area contributed by atoms with E-state index in [1.165, 1.54) is 32.1 Å². The first-order valence-corrected chi connectivity index (χ1v) is 5.87. The van der Waals surface area contributed by atoms with Crippen LogP contribution in [-0.4, -0.2) is 10.7 Å². The van der Waals surface area contributed by atoms with Crippen LogP contribution in [0.3, 0.4) is 0 Å². The van der Waals surface area contributed by atoms with Gasteiger partial charge in [-0.1, -0.05) is 26.7 Å². The van der Waals surface area contributed by atoms with Gasteiger partial charge in [-0.25, -0.2) is 0 Å². The van der Waals surface area contributed by atoms with Crippen molar-refractivity contribution in [2.45, 2.75) is 58.0 Å². The average Bonchev–Trinajstić information content (AvgIpc) is 2.71. The van der Waals surface area contributed by atoms with E-state index in [0.717, 1.165) is 12.3 Å². The molecule has 0 radical (unpaired) electrons. The third-order valence-electron chi connectivity index (χ3n) is 4.06. The molecule has 1 heteroatoms. The van der Waals surface area contributed by atoms with Crippen LogP contribution in [-0.2, 0) is 0 Å². The second kappa shape index (κ2) is 3.27. The maximum Gasteiger partial charge on any atom is 0.0711 e. The molecule has 0 heterocycles. The topological polar surface area (TPSA) is 20.2 Å². The molecule has 0 bridgehead atoms. The molecule has 0 saturated heterocycles. The van der Waals surface area contributed by atoms with Gasteiger partial charge in [0.15, 0.2) is 0 Å². The number of hydrogen-bond donors (Lipinski definition) is 1. The van der Waals surface area contributed by atoms with Crippen LogP contribution in [0.1, 0.15) is 52.4 Å². The van der Waals surface area contributed by atoms with E-state index in [0.29, 0.717) is 11.8 Å². The maximum absolute atomic E-state index is 10.3. The van der Waals surface area contributed by atoms with Gasteiger partial charge >= 0.3 is 0 Å². The summed E-state index contributed by atoms with van der Waals surface area (Å²) in [5, 5.41) is 10.3. The predicted molar refractivity (Wildman–Crippen MR) is 54.5 cm³/mol. The van der Waals surface area contributed by atoms with Crippen LogP contribution < -0.4 is 0 Å². The molecule has 0 aliphatic heterocycles. The van der Waals surface area contributed by atoms with Crippen LogP contribution in [0.5, 0.6) is 0 Å². The van der Waals surface area contributed by atoms with E-state index >= 15 is 0 Å². The molecule has 2 rings (SSSR count). The highest BCUT2D eigenvalue weighted by Gasteiger charge is 2.62. The van der Waals surface area contributed by atoms with E-state index in [2.05, 4.69) is 13.8 Å². The molecule has 0 spiro atoms. The zero-order valence-corrected chi connectivity index (χ0v) is 8.92. The Bertz CT molecular complexity index is 174. The van der Waals surface area contributed by atoms with Gasteiger partial charge < -0.3 is 5.11 Å². The van der Waals surface area contributed by atoms with Gasteiger partial charge in [0.2, 0.25) is 0 Å². The Kier molecular flexibility index (Phi) is 2.39. The number of rotatable bonds is 3. The van der Waals surface area contributed by atoms with Crippen LogP contribution in [0, 0.1) is 17.8 Å². The van der Waals surface area contributed by atoms with Crippen molar-refractivity contribution in [1.29, 1.82) is 0 Å². The van der Waals surface area contributed by atoms with E-state index < -0.39 is 0 Å². The molecule has 0 aromatic rings. The van der Waals surface area contributed by atoms with Gasteiger partial charge in [-0.3, -0.25) is 0 Å². The van der Waals surface area contributed by atoms with Gasteiger partial charge in [-0.05, 0) is 43.4 Å². The standard InChI is InChI=1S/C12H22O/c1-9(2)7-8-12(13)10-5-3-4-6-11(10)12/h9-11,13H,3-8H2,1-2H3. The van der Waals surface area contributed by atoms with Crippen LogP contribution in [0.2, 0.25) is 0 Å². The Balaban J connectivity index is 1.85. The third-order valence-corrected chi connectivity index (χ3v) is 4.06. The normalized spacial score (nSPS) is 43.4. The SMILES string of the molecule is CC(C)CCC1(O)C2CCCCC21. The second-order valence-corrected chi connectivity index (χ2v) is 5.42. The van der Waals surface area contributed by atoms with Gasteiger partial charge in [0.1, 0.15) is 0 Å². The summed E-state index contributed by atoms with van der Waals surface area (Å²) in [5.74, 6) is 2.10. The summed E-state index contributed by atoms with van der Waals surface area (Å²) in [6, 6.07) is 0. The minimum atomic E-state index is -0.221. The minimum absolute atomic E-state index is 0.221. The van der Waals surface area contributed by atoms with Crippen molar-refractivity contribution in [2.75, 3.05) is 0 Å². The molecular formula is C12H22O. The van der Waals surface area contributed by atoms with Crippen molar-refractivity contribution in [3.8, 4) is 0 Å². The fraction of sp³-hybridized carbons (Fsp3) is 1.00. The molecule has 2 fully saturated rings. The molecule has 2 unspecified atom stereocenters. The molecule has 2 saturated carbocycles. The van der Waals surface area contributed by atoms with Crippen molar-refractivity contribution in [3.05, 3.63) is 0 Å². The lowest BCUT2D eigenvalue weighted by Crippen LogP contribution is -2.13. The summed E-state index contributed by atoms with van der Waals surface area (Å²) in [4.78, 5) is 0. The molecule has 76 valence electrons. The highest BCUT2D eigenvalue weighted by Crippen LogP contribution is 2.60.